The van der Waals surface area contributed by atoms with E-state index in [1.807, 2.05) is 0 Å². The molecule has 3 atom stereocenters. The van der Waals surface area contributed by atoms with Gasteiger partial charge in [0.1, 0.15) is 0 Å². The molecule has 0 aliphatic heterocycles. The maximum absolute atomic E-state index is 3.58. The maximum atomic E-state index is 3.58. The molecule has 0 bridgehead atoms. The van der Waals surface area contributed by atoms with E-state index < -0.39 is 0 Å². The van der Waals surface area contributed by atoms with Gasteiger partial charge in [-0.25, -0.2) is 0 Å². The van der Waals surface area contributed by atoms with E-state index in [2.05, 4.69) is 43.6 Å². The summed E-state index contributed by atoms with van der Waals surface area (Å²) in [5.74, 6) is 2.94. The van der Waals surface area contributed by atoms with Crippen molar-refractivity contribution in [3.63, 3.8) is 0 Å². The lowest BCUT2D eigenvalue weighted by Crippen LogP contribution is -2.20. The van der Waals surface area contributed by atoms with Gasteiger partial charge in [0.05, 0.1) is 0 Å². The predicted octanol–water partition coefficient (Wildman–Crippen LogP) is 3.69. The van der Waals surface area contributed by atoms with Crippen LogP contribution in [0, 0.1) is 24.7 Å². The zero-order valence-corrected chi connectivity index (χ0v) is 10.9. The van der Waals surface area contributed by atoms with Crippen LogP contribution in [0.5, 0.6) is 0 Å². The smallest absolute Gasteiger partial charge is 0.0354 e. The molecule has 1 heteroatoms. The summed E-state index contributed by atoms with van der Waals surface area (Å²) in [6.07, 6.45) is 5.86. The number of hydrogen-bond donors (Lipinski definition) is 1. The minimum atomic E-state index is 0.587. The Balaban J connectivity index is 1.83. The number of rotatable bonds is 3. The molecule has 0 radical (unpaired) electrons. The van der Waals surface area contributed by atoms with E-state index in [1.54, 1.807) is 0 Å². The summed E-state index contributed by atoms with van der Waals surface area (Å²) in [5.41, 5.74) is 2.96. The van der Waals surface area contributed by atoms with Crippen molar-refractivity contribution in [1.29, 1.82) is 0 Å². The van der Waals surface area contributed by atoms with Gasteiger partial charge in [-0.05, 0) is 55.7 Å². The van der Waals surface area contributed by atoms with E-state index in [0.717, 1.165) is 17.8 Å². The number of aryl methyl sites for hydroxylation is 1. The van der Waals surface area contributed by atoms with Gasteiger partial charge in [0.2, 0.25) is 0 Å². The summed E-state index contributed by atoms with van der Waals surface area (Å²) in [6, 6.07) is 9.46. The highest BCUT2D eigenvalue weighted by Gasteiger charge is 2.54. The van der Waals surface area contributed by atoms with Gasteiger partial charge in [0.25, 0.3) is 0 Å². The van der Waals surface area contributed by atoms with Gasteiger partial charge in [0.15, 0.2) is 0 Å². The number of nitrogens with one attached hydrogen (secondary N) is 1. The molecule has 1 nitrogen and oxygen atoms in total. The minimum absolute atomic E-state index is 0.587. The van der Waals surface area contributed by atoms with Gasteiger partial charge in [-0.1, -0.05) is 37.1 Å². The Morgan fingerprint density at radius 2 is 1.76 bits per heavy atom. The molecule has 2 fully saturated rings. The highest BCUT2D eigenvalue weighted by molar-refractivity contribution is 5.31. The molecule has 1 N–H and O–H groups in total. The number of benzene rings is 1. The first-order valence-electron chi connectivity index (χ1n) is 7.05. The van der Waals surface area contributed by atoms with Crippen molar-refractivity contribution in [3.8, 4) is 0 Å². The summed E-state index contributed by atoms with van der Waals surface area (Å²) in [6.45, 7) is 2.24. The Bertz CT molecular complexity index is 386. The first-order chi connectivity index (χ1) is 8.33. The van der Waals surface area contributed by atoms with Gasteiger partial charge in [0, 0.05) is 6.04 Å². The first kappa shape index (κ1) is 11.3. The highest BCUT2D eigenvalue weighted by Crippen LogP contribution is 2.60. The first-order valence-corrected chi connectivity index (χ1v) is 7.05. The Morgan fingerprint density at radius 1 is 1.12 bits per heavy atom. The lowest BCUT2D eigenvalue weighted by atomic mass is 9.96. The van der Waals surface area contributed by atoms with Gasteiger partial charge >= 0.3 is 0 Å². The third kappa shape index (κ3) is 1.91. The van der Waals surface area contributed by atoms with Crippen molar-refractivity contribution in [3.05, 3.63) is 35.4 Å². The molecule has 3 unspecified atom stereocenters. The molecule has 0 aromatic heterocycles. The van der Waals surface area contributed by atoms with E-state index in [4.69, 9.17) is 0 Å². The summed E-state index contributed by atoms with van der Waals surface area (Å²) in [5, 5.41) is 3.58. The standard InChI is InChI=1S/C16H23N/c1-11-7-3-4-8-12(11)16(17-2)15-13-9-5-6-10-14(13)15/h3-4,7-8,13-17H,5-6,9-10H2,1-2H3. The lowest BCUT2D eigenvalue weighted by molar-refractivity contribution is 0.480. The lowest BCUT2D eigenvalue weighted by Gasteiger charge is -2.19. The fraction of sp³-hybridized carbons (Fsp3) is 0.625. The largest absolute Gasteiger partial charge is 0.313 e. The van der Waals surface area contributed by atoms with Gasteiger partial charge in [-0.2, -0.15) is 0 Å². The van der Waals surface area contributed by atoms with Gasteiger partial charge in [-0.3, -0.25) is 0 Å². The van der Waals surface area contributed by atoms with Crippen molar-refractivity contribution < 1.29 is 0 Å². The average Bonchev–Trinajstić information content (AvgIpc) is 3.07. The summed E-state index contributed by atoms with van der Waals surface area (Å²) < 4.78 is 0. The van der Waals surface area contributed by atoms with Crippen molar-refractivity contribution in [2.45, 2.75) is 38.6 Å². The second-order valence-corrected chi connectivity index (χ2v) is 5.81. The van der Waals surface area contributed by atoms with Crippen LogP contribution in [0.25, 0.3) is 0 Å². The maximum Gasteiger partial charge on any atom is 0.0354 e. The Labute approximate surface area is 105 Å². The normalized spacial score (nSPS) is 32.9. The van der Waals surface area contributed by atoms with Crippen LogP contribution >= 0.6 is 0 Å². The van der Waals surface area contributed by atoms with Crippen LogP contribution in [0.1, 0.15) is 42.9 Å². The molecule has 2 aliphatic rings. The van der Waals surface area contributed by atoms with Crippen LogP contribution < -0.4 is 5.32 Å². The number of fused-ring (bicyclic) bond motifs is 1. The molecule has 0 heterocycles. The van der Waals surface area contributed by atoms with Crippen molar-refractivity contribution in [2.24, 2.45) is 17.8 Å². The number of hydrogen-bond acceptors (Lipinski definition) is 1. The Hall–Kier alpha value is -0.820. The second kappa shape index (κ2) is 4.45. The van der Waals surface area contributed by atoms with Crippen molar-refractivity contribution >= 4 is 0 Å². The van der Waals surface area contributed by atoms with Crippen LogP contribution in [-0.2, 0) is 0 Å². The topological polar surface area (TPSA) is 12.0 Å². The summed E-state index contributed by atoms with van der Waals surface area (Å²) in [4.78, 5) is 0. The zero-order valence-electron chi connectivity index (χ0n) is 10.9. The summed E-state index contributed by atoms with van der Waals surface area (Å²) >= 11 is 0. The average molecular weight is 229 g/mol. The monoisotopic (exact) mass is 229 g/mol. The van der Waals surface area contributed by atoms with Crippen LogP contribution in [0.4, 0.5) is 0 Å². The van der Waals surface area contributed by atoms with E-state index in [1.165, 1.54) is 36.8 Å². The predicted molar refractivity (Wildman–Crippen MR) is 71.9 cm³/mol. The van der Waals surface area contributed by atoms with Crippen LogP contribution in [0.15, 0.2) is 24.3 Å². The van der Waals surface area contributed by atoms with E-state index >= 15 is 0 Å². The van der Waals surface area contributed by atoms with Crippen LogP contribution in [0.3, 0.4) is 0 Å². The molecule has 2 saturated carbocycles. The fourth-order valence-electron chi connectivity index (χ4n) is 4.03. The molecule has 0 spiro atoms. The fourth-order valence-corrected chi connectivity index (χ4v) is 4.03. The van der Waals surface area contributed by atoms with Crippen LogP contribution in [-0.4, -0.2) is 7.05 Å². The van der Waals surface area contributed by atoms with Gasteiger partial charge in [-0.15, -0.1) is 0 Å². The van der Waals surface area contributed by atoms with E-state index in [-0.39, 0.29) is 0 Å². The Morgan fingerprint density at radius 3 is 2.35 bits per heavy atom. The molecule has 3 rings (SSSR count). The second-order valence-electron chi connectivity index (χ2n) is 5.81. The molecule has 1 aromatic carbocycles. The van der Waals surface area contributed by atoms with Crippen molar-refractivity contribution in [1.82, 2.24) is 5.32 Å². The quantitative estimate of drug-likeness (QED) is 0.833. The zero-order chi connectivity index (χ0) is 11.8. The van der Waals surface area contributed by atoms with E-state index in [0.29, 0.717) is 6.04 Å². The minimum Gasteiger partial charge on any atom is -0.313 e. The molecular weight excluding hydrogens is 206 g/mol. The summed E-state index contributed by atoms with van der Waals surface area (Å²) in [7, 11) is 2.13. The molecule has 92 valence electrons. The Kier molecular flexibility index (Phi) is 2.96. The third-order valence-electron chi connectivity index (χ3n) is 4.94. The molecule has 0 saturated heterocycles. The molecule has 1 aromatic rings. The van der Waals surface area contributed by atoms with E-state index in [9.17, 15) is 0 Å². The van der Waals surface area contributed by atoms with Crippen LogP contribution in [0.2, 0.25) is 0 Å². The molecule has 17 heavy (non-hydrogen) atoms. The molecule has 0 amide bonds. The SMILES string of the molecule is CNC(c1ccccc1C)C1C2CCCCC21. The third-order valence-corrected chi connectivity index (χ3v) is 4.94. The highest BCUT2D eigenvalue weighted by atomic mass is 14.9. The van der Waals surface area contributed by atoms with Gasteiger partial charge < -0.3 is 5.32 Å². The van der Waals surface area contributed by atoms with Crippen molar-refractivity contribution in [2.75, 3.05) is 7.05 Å². The molecular formula is C16H23N. The molecule has 2 aliphatic carbocycles.